The van der Waals surface area contributed by atoms with Crippen LogP contribution in [0.1, 0.15) is 11.7 Å². The first-order chi connectivity index (χ1) is 9.49. The highest BCUT2D eigenvalue weighted by Crippen LogP contribution is 2.30. The van der Waals surface area contributed by atoms with E-state index in [9.17, 15) is 13.9 Å². The van der Waals surface area contributed by atoms with Gasteiger partial charge < -0.3 is 10.4 Å². The van der Waals surface area contributed by atoms with E-state index < -0.39 is 17.7 Å². The smallest absolute Gasteiger partial charge is 0.129 e. The van der Waals surface area contributed by atoms with Crippen molar-refractivity contribution in [3.63, 3.8) is 0 Å². The van der Waals surface area contributed by atoms with Gasteiger partial charge >= 0.3 is 0 Å². The van der Waals surface area contributed by atoms with Gasteiger partial charge in [0.05, 0.1) is 21.3 Å². The number of rotatable bonds is 4. The Hall–Kier alpha value is -1.17. The molecule has 2 rings (SSSR count). The summed E-state index contributed by atoms with van der Waals surface area (Å²) in [6, 6.07) is 8.18. The van der Waals surface area contributed by atoms with Gasteiger partial charge in [-0.1, -0.05) is 17.7 Å². The topological polar surface area (TPSA) is 32.3 Å². The zero-order chi connectivity index (χ0) is 14.7. The van der Waals surface area contributed by atoms with Crippen LogP contribution in [0.2, 0.25) is 5.02 Å². The molecule has 2 nitrogen and oxygen atoms in total. The Morgan fingerprint density at radius 3 is 2.75 bits per heavy atom. The van der Waals surface area contributed by atoms with Crippen LogP contribution >= 0.6 is 27.5 Å². The van der Waals surface area contributed by atoms with Crippen molar-refractivity contribution in [3.8, 4) is 0 Å². The molecular weight excluding hydrogens is 352 g/mol. The largest absolute Gasteiger partial charge is 0.386 e. The molecule has 2 N–H and O–H groups in total. The highest BCUT2D eigenvalue weighted by Gasteiger charge is 2.14. The van der Waals surface area contributed by atoms with Gasteiger partial charge in [0, 0.05) is 12.1 Å². The average molecular weight is 363 g/mol. The van der Waals surface area contributed by atoms with Crippen molar-refractivity contribution >= 4 is 33.2 Å². The monoisotopic (exact) mass is 361 g/mol. The van der Waals surface area contributed by atoms with Gasteiger partial charge in [0.1, 0.15) is 11.6 Å². The fraction of sp³-hybridized carbons (Fsp3) is 0.143. The highest BCUT2D eigenvalue weighted by molar-refractivity contribution is 9.10. The molecule has 0 spiro atoms. The number of aliphatic hydroxyl groups excluding tert-OH is 1. The Morgan fingerprint density at radius 2 is 2.00 bits per heavy atom. The third kappa shape index (κ3) is 3.48. The molecule has 0 fully saturated rings. The summed E-state index contributed by atoms with van der Waals surface area (Å²) in [4.78, 5) is 0. The Kier molecular flexibility index (Phi) is 4.96. The second kappa shape index (κ2) is 6.52. The zero-order valence-corrected chi connectivity index (χ0v) is 12.5. The first-order valence-electron chi connectivity index (χ1n) is 5.80. The third-order valence-corrected chi connectivity index (χ3v) is 4.15. The van der Waals surface area contributed by atoms with Crippen molar-refractivity contribution < 1.29 is 13.9 Å². The molecule has 1 atom stereocenters. The standard InChI is InChI=1S/C14H11BrClF2NO/c15-14-10(16)2-1-3-12(14)19-7-13(20)9-6-8(17)4-5-11(9)18/h1-6,13,19-20H,7H2. The molecule has 0 aliphatic heterocycles. The van der Waals surface area contributed by atoms with E-state index in [2.05, 4.69) is 21.2 Å². The molecule has 2 aromatic carbocycles. The summed E-state index contributed by atoms with van der Waals surface area (Å²) in [6.45, 7) is 0.0271. The van der Waals surface area contributed by atoms with Gasteiger partial charge in [-0.3, -0.25) is 0 Å². The number of anilines is 1. The van der Waals surface area contributed by atoms with Crippen LogP contribution in [-0.4, -0.2) is 11.7 Å². The maximum atomic E-state index is 13.5. The SMILES string of the molecule is OC(CNc1cccc(Cl)c1Br)c1cc(F)ccc1F. The lowest BCUT2D eigenvalue weighted by molar-refractivity contribution is 0.186. The molecule has 6 heteroatoms. The van der Waals surface area contributed by atoms with Gasteiger partial charge in [0.25, 0.3) is 0 Å². The number of hydrogen-bond donors (Lipinski definition) is 2. The lowest BCUT2D eigenvalue weighted by atomic mass is 10.1. The lowest BCUT2D eigenvalue weighted by Gasteiger charge is -2.15. The number of nitrogens with one attached hydrogen (secondary N) is 1. The van der Waals surface area contributed by atoms with E-state index in [1.165, 1.54) is 0 Å². The number of hydrogen-bond acceptors (Lipinski definition) is 2. The lowest BCUT2D eigenvalue weighted by Crippen LogP contribution is -2.14. The van der Waals surface area contributed by atoms with E-state index in [1.54, 1.807) is 18.2 Å². The molecule has 20 heavy (non-hydrogen) atoms. The first kappa shape index (κ1) is 15.2. The van der Waals surface area contributed by atoms with Crippen LogP contribution < -0.4 is 5.32 Å². The summed E-state index contributed by atoms with van der Waals surface area (Å²) in [5.74, 6) is -1.24. The van der Waals surface area contributed by atoms with Crippen LogP contribution in [0.4, 0.5) is 14.5 Å². The Morgan fingerprint density at radius 1 is 1.25 bits per heavy atom. The van der Waals surface area contributed by atoms with Gasteiger partial charge in [0.2, 0.25) is 0 Å². The summed E-state index contributed by atoms with van der Waals surface area (Å²) < 4.78 is 27.2. The van der Waals surface area contributed by atoms with Gasteiger partial charge in [-0.15, -0.1) is 0 Å². The summed E-state index contributed by atoms with van der Waals surface area (Å²) in [5, 5.41) is 13.4. The average Bonchev–Trinajstić information content (AvgIpc) is 2.43. The molecule has 0 radical (unpaired) electrons. The van der Waals surface area contributed by atoms with Gasteiger partial charge in [-0.25, -0.2) is 8.78 Å². The molecule has 1 unspecified atom stereocenters. The molecule has 0 aromatic heterocycles. The van der Waals surface area contributed by atoms with E-state index in [-0.39, 0.29) is 12.1 Å². The van der Waals surface area contributed by atoms with Gasteiger partial charge in [-0.2, -0.15) is 0 Å². The van der Waals surface area contributed by atoms with Crippen molar-refractivity contribution in [1.82, 2.24) is 0 Å². The van der Waals surface area contributed by atoms with Crippen LogP contribution in [0.5, 0.6) is 0 Å². The normalized spacial score (nSPS) is 12.2. The van der Waals surface area contributed by atoms with E-state index in [4.69, 9.17) is 11.6 Å². The third-order valence-electron chi connectivity index (χ3n) is 2.75. The van der Waals surface area contributed by atoms with Crippen LogP contribution in [0, 0.1) is 11.6 Å². The highest BCUT2D eigenvalue weighted by atomic mass is 79.9. The van der Waals surface area contributed by atoms with Crippen LogP contribution in [0.25, 0.3) is 0 Å². The Bertz CT molecular complexity index is 624. The molecule has 2 aromatic rings. The fourth-order valence-electron chi connectivity index (χ4n) is 1.73. The van der Waals surface area contributed by atoms with E-state index in [1.807, 2.05) is 0 Å². The van der Waals surface area contributed by atoms with Crippen molar-refractivity contribution in [2.75, 3.05) is 11.9 Å². The van der Waals surface area contributed by atoms with Gasteiger partial charge in [-0.05, 0) is 46.3 Å². The van der Waals surface area contributed by atoms with Crippen molar-refractivity contribution in [1.29, 1.82) is 0 Å². The second-order valence-electron chi connectivity index (χ2n) is 4.16. The van der Waals surface area contributed by atoms with Crippen molar-refractivity contribution in [2.24, 2.45) is 0 Å². The van der Waals surface area contributed by atoms with E-state index in [0.717, 1.165) is 18.2 Å². The summed E-state index contributed by atoms with van der Waals surface area (Å²) in [5.41, 5.74) is 0.573. The minimum atomic E-state index is -1.17. The first-order valence-corrected chi connectivity index (χ1v) is 6.97. The molecular formula is C14H11BrClF2NO. The van der Waals surface area contributed by atoms with Crippen LogP contribution in [-0.2, 0) is 0 Å². The number of benzene rings is 2. The summed E-state index contributed by atoms with van der Waals surface area (Å²) in [7, 11) is 0. The maximum absolute atomic E-state index is 13.5. The molecule has 0 saturated heterocycles. The van der Waals surface area contributed by atoms with Crippen LogP contribution in [0.3, 0.4) is 0 Å². The van der Waals surface area contributed by atoms with Crippen molar-refractivity contribution in [2.45, 2.75) is 6.10 Å². The summed E-state index contributed by atoms with van der Waals surface area (Å²) >= 11 is 9.24. The summed E-state index contributed by atoms with van der Waals surface area (Å²) in [6.07, 6.45) is -1.17. The van der Waals surface area contributed by atoms with Gasteiger partial charge in [0.15, 0.2) is 0 Å². The molecule has 0 aliphatic carbocycles. The van der Waals surface area contributed by atoms with E-state index in [0.29, 0.717) is 15.2 Å². The minimum absolute atomic E-state index is 0.0271. The second-order valence-corrected chi connectivity index (χ2v) is 5.36. The quantitative estimate of drug-likeness (QED) is 0.838. The van der Waals surface area contributed by atoms with Crippen LogP contribution in [0.15, 0.2) is 40.9 Å². The number of aliphatic hydroxyl groups is 1. The molecule has 0 aliphatic rings. The zero-order valence-electron chi connectivity index (χ0n) is 10.2. The number of halogens is 4. The minimum Gasteiger partial charge on any atom is -0.386 e. The molecule has 0 heterocycles. The maximum Gasteiger partial charge on any atom is 0.129 e. The molecule has 0 saturated carbocycles. The van der Waals surface area contributed by atoms with E-state index >= 15 is 0 Å². The van der Waals surface area contributed by atoms with Crippen molar-refractivity contribution in [3.05, 3.63) is 63.1 Å². The predicted octanol–water partition coefficient (Wildman–Crippen LogP) is 4.53. The molecule has 0 amide bonds. The molecule has 106 valence electrons. The Balaban J connectivity index is 2.10. The Labute approximate surface area is 128 Å². The predicted molar refractivity (Wildman–Crippen MR) is 79.0 cm³/mol. The fourth-order valence-corrected chi connectivity index (χ4v) is 2.31. The molecule has 0 bridgehead atoms.